The number of hydrogen-bond donors (Lipinski definition) is 1. The van der Waals surface area contributed by atoms with Crippen LogP contribution in [0.5, 0.6) is 11.5 Å². The van der Waals surface area contributed by atoms with Crippen molar-refractivity contribution in [3.63, 3.8) is 0 Å². The lowest BCUT2D eigenvalue weighted by Crippen LogP contribution is -2.65. The molecule has 2 atom stereocenters. The summed E-state index contributed by atoms with van der Waals surface area (Å²) in [5.41, 5.74) is 0.386. The third-order valence-corrected chi connectivity index (χ3v) is 7.19. The van der Waals surface area contributed by atoms with Crippen LogP contribution < -0.4 is 14.8 Å². The molecule has 0 radical (unpaired) electrons. The quantitative estimate of drug-likeness (QED) is 0.797. The van der Waals surface area contributed by atoms with Gasteiger partial charge in [-0.25, -0.2) is 0 Å². The lowest BCUT2D eigenvalue weighted by molar-refractivity contribution is -0.162. The maximum absolute atomic E-state index is 13.7. The second kappa shape index (κ2) is 7.22. The molecule has 0 saturated heterocycles. The summed E-state index contributed by atoms with van der Waals surface area (Å²) in [7, 11) is 5.12. The molecule has 158 valence electrons. The van der Waals surface area contributed by atoms with Crippen LogP contribution in [-0.4, -0.2) is 43.5 Å². The molecule has 0 aliphatic heterocycles. The van der Waals surface area contributed by atoms with Gasteiger partial charge in [0.2, 0.25) is 11.8 Å². The summed E-state index contributed by atoms with van der Waals surface area (Å²) >= 11 is 0. The summed E-state index contributed by atoms with van der Waals surface area (Å²) in [6.45, 7) is 2.07. The van der Waals surface area contributed by atoms with E-state index in [1.54, 1.807) is 21.1 Å². The van der Waals surface area contributed by atoms with Gasteiger partial charge in [0.05, 0.1) is 19.6 Å². The second-order valence-electron chi connectivity index (χ2n) is 9.52. The van der Waals surface area contributed by atoms with Gasteiger partial charge in [-0.15, -0.1) is 0 Å². The predicted octanol–water partition coefficient (Wildman–Crippen LogP) is 3.14. The van der Waals surface area contributed by atoms with E-state index in [1.165, 1.54) is 6.42 Å². The van der Waals surface area contributed by atoms with Crippen LogP contribution in [-0.2, 0) is 16.1 Å². The zero-order valence-corrected chi connectivity index (χ0v) is 17.9. The standard InChI is InChI=1S/C23H32N2O4/c1-15(26)24-23-11-16-8-17(12-23)10-22(9-16,14-23)21(27)25(2)13-18-6-5-7-19(28-3)20(18)29-4/h5-7,16-17H,8-14H2,1-4H3,(H,24,26)/t16-,17-,22?,23?/m1/s1. The molecule has 6 nitrogen and oxygen atoms in total. The summed E-state index contributed by atoms with van der Waals surface area (Å²) < 4.78 is 10.9. The van der Waals surface area contributed by atoms with Crippen LogP contribution in [0.4, 0.5) is 0 Å². The van der Waals surface area contributed by atoms with Crippen LogP contribution in [0.15, 0.2) is 18.2 Å². The summed E-state index contributed by atoms with van der Waals surface area (Å²) in [6.07, 6.45) is 5.90. The van der Waals surface area contributed by atoms with E-state index in [0.717, 1.165) is 37.7 Å². The number of para-hydroxylation sites is 1. The van der Waals surface area contributed by atoms with Crippen LogP contribution in [0.25, 0.3) is 0 Å². The number of methoxy groups -OCH3 is 2. The Labute approximate surface area is 172 Å². The largest absolute Gasteiger partial charge is 0.493 e. The molecule has 6 heteroatoms. The zero-order valence-electron chi connectivity index (χ0n) is 17.9. The van der Waals surface area contributed by atoms with Gasteiger partial charge in [0.25, 0.3) is 0 Å². The van der Waals surface area contributed by atoms with Gasteiger partial charge in [-0.3, -0.25) is 9.59 Å². The normalized spacial score (nSPS) is 32.0. The molecular weight excluding hydrogens is 368 g/mol. The lowest BCUT2D eigenvalue weighted by Gasteiger charge is -2.61. The van der Waals surface area contributed by atoms with Gasteiger partial charge in [0.1, 0.15) is 0 Å². The highest BCUT2D eigenvalue weighted by Crippen LogP contribution is 2.62. The van der Waals surface area contributed by atoms with E-state index in [2.05, 4.69) is 5.32 Å². The van der Waals surface area contributed by atoms with Gasteiger partial charge in [0, 0.05) is 31.6 Å². The molecule has 4 bridgehead atoms. The fraction of sp³-hybridized carbons (Fsp3) is 0.652. The molecule has 0 unspecified atom stereocenters. The smallest absolute Gasteiger partial charge is 0.228 e. The Bertz CT molecular complexity index is 807. The molecule has 4 saturated carbocycles. The molecule has 4 fully saturated rings. The number of nitrogens with zero attached hydrogens (tertiary/aromatic N) is 1. The highest BCUT2D eigenvalue weighted by molar-refractivity contribution is 5.84. The van der Waals surface area contributed by atoms with E-state index < -0.39 is 0 Å². The minimum atomic E-state index is -0.354. The van der Waals surface area contributed by atoms with Crippen molar-refractivity contribution < 1.29 is 19.1 Å². The summed E-state index contributed by atoms with van der Waals surface area (Å²) in [4.78, 5) is 27.4. The molecule has 4 aliphatic carbocycles. The Morgan fingerprint density at radius 2 is 1.83 bits per heavy atom. The van der Waals surface area contributed by atoms with Gasteiger partial charge in [-0.05, 0) is 56.4 Å². The number of nitrogens with one attached hydrogen (secondary N) is 1. The molecule has 5 rings (SSSR count). The van der Waals surface area contributed by atoms with Crippen molar-refractivity contribution in [2.75, 3.05) is 21.3 Å². The van der Waals surface area contributed by atoms with Crippen molar-refractivity contribution in [3.8, 4) is 11.5 Å². The minimum Gasteiger partial charge on any atom is -0.493 e. The Kier molecular flexibility index (Phi) is 4.99. The number of rotatable bonds is 6. The van der Waals surface area contributed by atoms with Crippen molar-refractivity contribution in [2.45, 2.75) is 57.5 Å². The molecule has 1 N–H and O–H groups in total. The van der Waals surface area contributed by atoms with Gasteiger partial charge < -0.3 is 19.7 Å². The Morgan fingerprint density at radius 1 is 1.14 bits per heavy atom. The number of benzene rings is 1. The monoisotopic (exact) mass is 400 g/mol. The van der Waals surface area contributed by atoms with Crippen molar-refractivity contribution in [2.24, 2.45) is 17.3 Å². The topological polar surface area (TPSA) is 67.9 Å². The summed E-state index contributed by atoms with van der Waals surface area (Å²) in [5.74, 6) is 2.63. The average molecular weight is 401 g/mol. The van der Waals surface area contributed by atoms with Crippen LogP contribution in [0.3, 0.4) is 0 Å². The molecule has 4 aliphatic rings. The number of ether oxygens (including phenoxy) is 2. The first-order valence-corrected chi connectivity index (χ1v) is 10.5. The number of amides is 2. The van der Waals surface area contributed by atoms with E-state index in [1.807, 2.05) is 30.1 Å². The highest BCUT2D eigenvalue weighted by Gasteiger charge is 2.61. The van der Waals surface area contributed by atoms with Crippen LogP contribution >= 0.6 is 0 Å². The van der Waals surface area contributed by atoms with Crippen LogP contribution in [0.2, 0.25) is 0 Å². The van der Waals surface area contributed by atoms with E-state index in [-0.39, 0.29) is 22.8 Å². The zero-order chi connectivity index (χ0) is 20.8. The van der Waals surface area contributed by atoms with E-state index in [4.69, 9.17) is 9.47 Å². The molecular formula is C23H32N2O4. The fourth-order valence-electron chi connectivity index (χ4n) is 6.84. The Hall–Kier alpha value is -2.24. The maximum Gasteiger partial charge on any atom is 0.228 e. The number of hydrogen-bond acceptors (Lipinski definition) is 4. The first kappa shape index (κ1) is 20.0. The van der Waals surface area contributed by atoms with Gasteiger partial charge >= 0.3 is 0 Å². The Balaban J connectivity index is 1.57. The van der Waals surface area contributed by atoms with E-state index in [9.17, 15) is 9.59 Å². The SMILES string of the molecule is COc1cccc(CN(C)C(=O)C23C[C@H]4C[C@@H](CC(NC(C)=O)(C4)C2)C3)c1OC. The molecule has 0 aromatic heterocycles. The third-order valence-electron chi connectivity index (χ3n) is 7.19. The van der Waals surface area contributed by atoms with E-state index in [0.29, 0.717) is 29.9 Å². The Morgan fingerprint density at radius 3 is 2.41 bits per heavy atom. The third kappa shape index (κ3) is 3.47. The number of carbonyl (C=O) groups excluding carboxylic acids is 2. The van der Waals surface area contributed by atoms with E-state index >= 15 is 0 Å². The summed E-state index contributed by atoms with van der Waals surface area (Å²) in [6, 6.07) is 5.76. The molecule has 1 aromatic carbocycles. The van der Waals surface area contributed by atoms with Crippen LogP contribution in [0, 0.1) is 17.3 Å². The predicted molar refractivity (Wildman–Crippen MR) is 110 cm³/mol. The molecule has 0 heterocycles. The fourth-order valence-corrected chi connectivity index (χ4v) is 6.84. The number of carbonyl (C=O) groups is 2. The van der Waals surface area contributed by atoms with Gasteiger partial charge in [0.15, 0.2) is 11.5 Å². The summed E-state index contributed by atoms with van der Waals surface area (Å²) in [5, 5.41) is 3.24. The first-order chi connectivity index (χ1) is 13.8. The van der Waals surface area contributed by atoms with Crippen LogP contribution in [0.1, 0.15) is 51.0 Å². The van der Waals surface area contributed by atoms with Crippen molar-refractivity contribution in [1.82, 2.24) is 10.2 Å². The lowest BCUT2D eigenvalue weighted by atomic mass is 9.46. The highest BCUT2D eigenvalue weighted by atomic mass is 16.5. The average Bonchev–Trinajstić information content (AvgIpc) is 2.64. The van der Waals surface area contributed by atoms with Crippen molar-refractivity contribution in [3.05, 3.63) is 23.8 Å². The molecule has 29 heavy (non-hydrogen) atoms. The molecule has 1 aromatic rings. The van der Waals surface area contributed by atoms with Crippen molar-refractivity contribution in [1.29, 1.82) is 0 Å². The minimum absolute atomic E-state index is 0.0176. The van der Waals surface area contributed by atoms with Gasteiger partial charge in [-0.2, -0.15) is 0 Å². The second-order valence-corrected chi connectivity index (χ2v) is 9.52. The molecule has 0 spiro atoms. The first-order valence-electron chi connectivity index (χ1n) is 10.5. The van der Waals surface area contributed by atoms with Gasteiger partial charge in [-0.1, -0.05) is 12.1 Å². The maximum atomic E-state index is 13.7. The molecule has 2 amide bonds. The van der Waals surface area contributed by atoms with Crippen molar-refractivity contribution >= 4 is 11.8 Å².